The van der Waals surface area contributed by atoms with Gasteiger partial charge in [-0.25, -0.2) is 18.8 Å². The molecule has 3 heterocycles. The number of aryl methyl sites for hydroxylation is 1. The Bertz CT molecular complexity index is 1150. The quantitative estimate of drug-likeness (QED) is 0.692. The number of ether oxygens (including phenoxy) is 1. The molecule has 31 heavy (non-hydrogen) atoms. The number of nitrogens with zero attached hydrogens (tertiary/aromatic N) is 5. The predicted molar refractivity (Wildman–Crippen MR) is 117 cm³/mol. The lowest BCUT2D eigenvalue weighted by atomic mass is 10.00. The Morgan fingerprint density at radius 1 is 1.16 bits per heavy atom. The third-order valence-electron chi connectivity index (χ3n) is 4.72. The van der Waals surface area contributed by atoms with Gasteiger partial charge in [-0.1, -0.05) is 6.08 Å². The van der Waals surface area contributed by atoms with Crippen LogP contribution in [0.25, 0.3) is 16.8 Å². The molecule has 4 rings (SSSR count). The monoisotopic (exact) mass is 424 g/mol. The second kappa shape index (κ2) is 7.57. The zero-order chi connectivity index (χ0) is 22.3. The van der Waals surface area contributed by atoms with Crippen molar-refractivity contribution in [2.75, 3.05) is 23.9 Å². The van der Waals surface area contributed by atoms with E-state index in [0.29, 0.717) is 18.2 Å². The molecule has 0 spiro atoms. The second-order valence-corrected chi connectivity index (χ2v) is 8.45. The summed E-state index contributed by atoms with van der Waals surface area (Å²) in [5.74, 6) is 0.750. The van der Waals surface area contributed by atoms with Crippen molar-refractivity contribution in [3.05, 3.63) is 59.9 Å². The lowest BCUT2D eigenvalue weighted by molar-refractivity contribution is 0.0635. The summed E-state index contributed by atoms with van der Waals surface area (Å²) >= 11 is 0. The fourth-order valence-corrected chi connectivity index (χ4v) is 3.42. The zero-order valence-electron chi connectivity index (χ0n) is 18.2. The number of anilines is 1. The fraction of sp³-hybridized carbons (Fsp3) is 0.318. The first kappa shape index (κ1) is 20.6. The third kappa shape index (κ3) is 4.30. The minimum atomic E-state index is -0.606. The zero-order valence-corrected chi connectivity index (χ0v) is 18.2. The Morgan fingerprint density at radius 3 is 2.55 bits per heavy atom. The van der Waals surface area contributed by atoms with Gasteiger partial charge in [-0.05, 0) is 45.0 Å². The number of carbonyl (C=O) groups excluding carboxylic acids is 1. The van der Waals surface area contributed by atoms with Gasteiger partial charge in [0.1, 0.15) is 17.1 Å². The summed E-state index contributed by atoms with van der Waals surface area (Å²) in [6.45, 7) is 6.05. The van der Waals surface area contributed by atoms with Gasteiger partial charge in [0.15, 0.2) is 11.6 Å². The van der Waals surface area contributed by atoms with E-state index in [4.69, 9.17) is 4.74 Å². The van der Waals surface area contributed by atoms with E-state index < -0.39 is 11.7 Å². The number of nitrogens with one attached hydrogen (secondary N) is 1. The maximum atomic E-state index is 13.4. The van der Waals surface area contributed by atoms with Crippen LogP contribution < -0.4 is 10.3 Å². The van der Waals surface area contributed by atoms with Crippen LogP contribution in [0.3, 0.4) is 0 Å². The highest BCUT2D eigenvalue weighted by atomic mass is 19.1. The highest BCUT2D eigenvalue weighted by Crippen LogP contribution is 2.33. The van der Waals surface area contributed by atoms with Crippen LogP contribution in [0.15, 0.2) is 42.7 Å². The van der Waals surface area contributed by atoms with Crippen molar-refractivity contribution in [3.63, 3.8) is 0 Å². The molecular weight excluding hydrogens is 399 g/mol. The summed E-state index contributed by atoms with van der Waals surface area (Å²) in [4.78, 5) is 16.8. The normalized spacial score (nSPS) is 13.6. The third-order valence-corrected chi connectivity index (χ3v) is 4.72. The van der Waals surface area contributed by atoms with Crippen LogP contribution in [0.5, 0.6) is 0 Å². The fourth-order valence-electron chi connectivity index (χ4n) is 3.42. The predicted octanol–water partition coefficient (Wildman–Crippen LogP) is 3.78. The molecule has 2 aromatic heterocycles. The van der Waals surface area contributed by atoms with Gasteiger partial charge in [0, 0.05) is 37.0 Å². The van der Waals surface area contributed by atoms with Crippen molar-refractivity contribution in [3.8, 4) is 11.3 Å². The van der Waals surface area contributed by atoms with E-state index in [-0.39, 0.29) is 5.82 Å². The Morgan fingerprint density at radius 2 is 1.87 bits per heavy atom. The number of likely N-dealkylation sites (N-methyl/N-ethyl adjacent to an activating group) is 1. The molecule has 3 aromatic rings. The first-order chi connectivity index (χ1) is 14.6. The van der Waals surface area contributed by atoms with E-state index in [2.05, 4.69) is 21.5 Å². The molecule has 0 aliphatic carbocycles. The van der Waals surface area contributed by atoms with Crippen LogP contribution in [0.4, 0.5) is 15.0 Å². The van der Waals surface area contributed by atoms with E-state index in [1.54, 1.807) is 43.8 Å². The summed E-state index contributed by atoms with van der Waals surface area (Å²) in [5, 5.41) is 9.25. The highest BCUT2D eigenvalue weighted by molar-refractivity contribution is 5.88. The molecule has 162 valence electrons. The first-order valence-electron chi connectivity index (χ1n) is 9.92. The number of fused-ring (bicyclic) bond motifs is 1. The van der Waals surface area contributed by atoms with Crippen molar-refractivity contribution in [2.45, 2.75) is 26.4 Å². The average Bonchev–Trinajstić information content (AvgIpc) is 3.25. The Labute approximate surface area is 179 Å². The molecule has 1 aliphatic heterocycles. The summed E-state index contributed by atoms with van der Waals surface area (Å²) < 4.78 is 22.3. The molecule has 9 heteroatoms. The van der Waals surface area contributed by atoms with Crippen molar-refractivity contribution in [2.24, 2.45) is 7.05 Å². The van der Waals surface area contributed by atoms with Crippen LogP contribution in [-0.2, 0) is 11.8 Å². The van der Waals surface area contributed by atoms with Gasteiger partial charge in [0.25, 0.3) is 0 Å². The molecule has 1 aliphatic rings. The number of carbonyl (C=O) groups is 1. The van der Waals surface area contributed by atoms with Crippen molar-refractivity contribution in [1.29, 1.82) is 0 Å². The van der Waals surface area contributed by atoms with Gasteiger partial charge in [0.05, 0.1) is 12.7 Å². The van der Waals surface area contributed by atoms with Gasteiger partial charge >= 0.3 is 6.09 Å². The van der Waals surface area contributed by atoms with E-state index in [9.17, 15) is 9.18 Å². The van der Waals surface area contributed by atoms with Crippen molar-refractivity contribution < 1.29 is 13.9 Å². The van der Waals surface area contributed by atoms with Gasteiger partial charge in [-0.15, -0.1) is 0 Å². The molecule has 0 bridgehead atoms. The minimum absolute atomic E-state index is 0.298. The van der Waals surface area contributed by atoms with Crippen LogP contribution in [-0.4, -0.2) is 44.7 Å². The standard InChI is InChI=1S/C22H25FN6O2/c1-22(2,3)31-21(30)25-18-13-29-20(24-18)16(10-11-28(29)5)17-12-27(4)26-19(17)14-6-8-15(23)9-7-14/h6-10,12-13H,11H2,1-5H3,(H,25,30). The number of imidazole rings is 1. The van der Waals surface area contributed by atoms with Gasteiger partial charge in [0.2, 0.25) is 0 Å². The number of rotatable bonds is 3. The molecule has 0 radical (unpaired) electrons. The maximum absolute atomic E-state index is 13.4. The Kier molecular flexibility index (Phi) is 5.04. The van der Waals surface area contributed by atoms with Crippen molar-refractivity contribution >= 4 is 17.5 Å². The number of hydrogen-bond acceptors (Lipinski definition) is 5. The molecule has 1 N–H and O–H groups in total. The maximum Gasteiger partial charge on any atom is 0.413 e. The van der Waals surface area contributed by atoms with E-state index >= 15 is 0 Å². The number of halogens is 1. The summed E-state index contributed by atoms with van der Waals surface area (Å²) in [5.41, 5.74) is 2.68. The second-order valence-electron chi connectivity index (χ2n) is 8.45. The molecule has 0 fully saturated rings. The number of benzene rings is 1. The summed E-state index contributed by atoms with van der Waals surface area (Å²) in [7, 11) is 3.77. The Hall–Kier alpha value is -3.62. The number of aromatic nitrogens is 4. The smallest absolute Gasteiger partial charge is 0.413 e. The molecule has 0 unspecified atom stereocenters. The molecule has 0 saturated heterocycles. The van der Waals surface area contributed by atoms with E-state index in [1.165, 1.54) is 12.1 Å². The molecule has 0 saturated carbocycles. The van der Waals surface area contributed by atoms with Gasteiger partial charge in [-0.3, -0.25) is 10.00 Å². The van der Waals surface area contributed by atoms with Crippen LogP contribution >= 0.6 is 0 Å². The lowest BCUT2D eigenvalue weighted by Crippen LogP contribution is -2.34. The topological polar surface area (TPSA) is 77.2 Å². The lowest BCUT2D eigenvalue weighted by Gasteiger charge is -2.26. The largest absolute Gasteiger partial charge is 0.444 e. The molecule has 1 amide bonds. The summed E-state index contributed by atoms with van der Waals surface area (Å²) in [6.07, 6.45) is 5.16. The van der Waals surface area contributed by atoms with Crippen LogP contribution in [0, 0.1) is 5.82 Å². The van der Waals surface area contributed by atoms with E-state index in [0.717, 1.165) is 22.4 Å². The molecule has 8 nitrogen and oxygen atoms in total. The molecular formula is C22H25FN6O2. The highest BCUT2D eigenvalue weighted by Gasteiger charge is 2.26. The number of amides is 1. The van der Waals surface area contributed by atoms with Crippen LogP contribution in [0.2, 0.25) is 0 Å². The summed E-state index contributed by atoms with van der Waals surface area (Å²) in [6, 6.07) is 6.25. The minimum Gasteiger partial charge on any atom is -0.444 e. The van der Waals surface area contributed by atoms with Crippen LogP contribution in [0.1, 0.15) is 32.2 Å². The first-order valence-corrected chi connectivity index (χ1v) is 9.92. The molecule has 0 atom stereocenters. The SMILES string of the molecule is CN1CC=C(c2cn(C)nc2-c2ccc(F)cc2)c2nc(NC(=O)OC(C)(C)C)cn21. The van der Waals surface area contributed by atoms with Gasteiger partial charge < -0.3 is 9.75 Å². The van der Waals surface area contributed by atoms with Crippen molar-refractivity contribution in [1.82, 2.24) is 19.4 Å². The number of hydrogen-bond donors (Lipinski definition) is 1. The molecule has 1 aromatic carbocycles. The average molecular weight is 424 g/mol. The van der Waals surface area contributed by atoms with Gasteiger partial charge in [-0.2, -0.15) is 5.10 Å². The van der Waals surface area contributed by atoms with E-state index in [1.807, 2.05) is 30.0 Å². The Balaban J connectivity index is 1.71.